The van der Waals surface area contributed by atoms with E-state index in [-0.39, 0.29) is 17.8 Å². The molecule has 0 aromatic heterocycles. The van der Waals surface area contributed by atoms with Gasteiger partial charge in [-0.05, 0) is 38.8 Å². The van der Waals surface area contributed by atoms with Crippen LogP contribution in [-0.4, -0.2) is 22.8 Å². The van der Waals surface area contributed by atoms with Gasteiger partial charge in [0.25, 0.3) is 0 Å². The van der Waals surface area contributed by atoms with Gasteiger partial charge in [0.2, 0.25) is 0 Å². The smallest absolute Gasteiger partial charge is 0.407 e. The van der Waals surface area contributed by atoms with Gasteiger partial charge in [0.15, 0.2) is 0 Å². The number of nitrogen functional groups attached to an aromatic ring is 1. The van der Waals surface area contributed by atoms with Crippen molar-refractivity contribution in [2.45, 2.75) is 39.8 Å². The number of carbonyl (C=O) groups excluding carboxylic acids is 1. The third-order valence-corrected chi connectivity index (χ3v) is 2.58. The highest BCUT2D eigenvalue weighted by Gasteiger charge is 2.18. The summed E-state index contributed by atoms with van der Waals surface area (Å²) in [6.45, 7) is 7.06. The van der Waals surface area contributed by atoms with E-state index in [4.69, 9.17) is 15.6 Å². The lowest BCUT2D eigenvalue weighted by Crippen LogP contribution is -2.32. The van der Waals surface area contributed by atoms with Gasteiger partial charge in [0, 0.05) is 6.54 Å². The van der Waals surface area contributed by atoms with Gasteiger partial charge in [0.1, 0.15) is 5.60 Å². The van der Waals surface area contributed by atoms with E-state index < -0.39 is 17.7 Å². The number of amides is 1. The number of carbonyl (C=O) groups is 2. The molecule has 0 radical (unpaired) electrons. The van der Waals surface area contributed by atoms with Gasteiger partial charge in [-0.15, -0.1) is 0 Å². The second-order valence-corrected chi connectivity index (χ2v) is 5.49. The van der Waals surface area contributed by atoms with Crippen molar-refractivity contribution in [3.63, 3.8) is 0 Å². The summed E-state index contributed by atoms with van der Waals surface area (Å²) >= 11 is 0. The third kappa shape index (κ3) is 4.15. The molecule has 0 spiro atoms. The van der Waals surface area contributed by atoms with E-state index in [1.165, 1.54) is 0 Å². The molecule has 20 heavy (non-hydrogen) atoms. The van der Waals surface area contributed by atoms with Crippen LogP contribution in [0.15, 0.2) is 12.1 Å². The summed E-state index contributed by atoms with van der Waals surface area (Å²) in [7, 11) is 0. The van der Waals surface area contributed by atoms with Crippen molar-refractivity contribution in [3.05, 3.63) is 28.8 Å². The number of alkyl carbamates (subject to hydrolysis) is 1. The fourth-order valence-corrected chi connectivity index (χ4v) is 1.69. The standard InChI is InChI=1S/C14H20N2O4/c1-8-5-6-9(11(15)10(8)12(17)18)7-16-13(19)20-14(2,3)4/h5-6H,7,15H2,1-4H3,(H,16,19)(H,17,18). The molecule has 0 atom stereocenters. The Labute approximate surface area is 117 Å². The van der Waals surface area contributed by atoms with Crippen molar-refractivity contribution in [2.75, 3.05) is 5.73 Å². The molecule has 0 bridgehead atoms. The van der Waals surface area contributed by atoms with Gasteiger partial charge in [-0.3, -0.25) is 0 Å². The molecule has 1 aromatic carbocycles. The molecule has 4 N–H and O–H groups in total. The number of hydrogen-bond donors (Lipinski definition) is 3. The first-order chi connectivity index (χ1) is 9.11. The number of aromatic carboxylic acids is 1. The summed E-state index contributed by atoms with van der Waals surface area (Å²) in [4.78, 5) is 22.7. The number of nitrogens with two attached hydrogens (primary N) is 1. The zero-order valence-corrected chi connectivity index (χ0v) is 12.1. The van der Waals surface area contributed by atoms with E-state index in [1.807, 2.05) is 0 Å². The molecule has 0 aliphatic heterocycles. The Hall–Kier alpha value is -2.24. The molecule has 1 amide bonds. The lowest BCUT2D eigenvalue weighted by molar-refractivity contribution is 0.0523. The van der Waals surface area contributed by atoms with E-state index in [9.17, 15) is 9.59 Å². The van der Waals surface area contributed by atoms with Crippen LogP contribution in [0.5, 0.6) is 0 Å². The largest absolute Gasteiger partial charge is 0.478 e. The van der Waals surface area contributed by atoms with Gasteiger partial charge in [-0.25, -0.2) is 9.59 Å². The maximum atomic E-state index is 11.5. The Morgan fingerprint density at radius 3 is 2.45 bits per heavy atom. The minimum absolute atomic E-state index is 0.0634. The summed E-state index contributed by atoms with van der Waals surface area (Å²) in [5.41, 5.74) is 6.58. The molecule has 0 saturated heterocycles. The SMILES string of the molecule is Cc1ccc(CNC(=O)OC(C)(C)C)c(N)c1C(=O)O. The number of aryl methyl sites for hydroxylation is 1. The van der Waals surface area contributed by atoms with Crippen LogP contribution in [0.1, 0.15) is 42.3 Å². The zero-order valence-electron chi connectivity index (χ0n) is 12.1. The Kier molecular flexibility index (Phi) is 4.60. The van der Waals surface area contributed by atoms with Crippen molar-refractivity contribution < 1.29 is 19.4 Å². The number of ether oxygens (including phenoxy) is 1. The highest BCUT2D eigenvalue weighted by atomic mass is 16.6. The van der Waals surface area contributed by atoms with Crippen LogP contribution < -0.4 is 11.1 Å². The van der Waals surface area contributed by atoms with Gasteiger partial charge in [-0.1, -0.05) is 12.1 Å². The van der Waals surface area contributed by atoms with Crippen molar-refractivity contribution in [1.29, 1.82) is 0 Å². The number of benzene rings is 1. The molecule has 0 aliphatic carbocycles. The van der Waals surface area contributed by atoms with Gasteiger partial charge in [0.05, 0.1) is 11.3 Å². The van der Waals surface area contributed by atoms with Crippen LogP contribution in [0.25, 0.3) is 0 Å². The molecule has 0 fully saturated rings. The fraction of sp³-hybridized carbons (Fsp3) is 0.429. The first-order valence-corrected chi connectivity index (χ1v) is 6.20. The average Bonchev–Trinajstić information content (AvgIpc) is 2.25. The number of rotatable bonds is 3. The van der Waals surface area contributed by atoms with Crippen LogP contribution in [-0.2, 0) is 11.3 Å². The van der Waals surface area contributed by atoms with E-state index >= 15 is 0 Å². The number of carboxylic acid groups (broad SMARTS) is 1. The maximum absolute atomic E-state index is 11.5. The molecule has 6 nitrogen and oxygen atoms in total. The predicted octanol–water partition coefficient (Wildman–Crippen LogP) is 2.30. The molecule has 0 unspecified atom stereocenters. The third-order valence-electron chi connectivity index (χ3n) is 2.58. The summed E-state index contributed by atoms with van der Waals surface area (Å²) in [6, 6.07) is 3.35. The minimum Gasteiger partial charge on any atom is -0.478 e. The van der Waals surface area contributed by atoms with E-state index in [0.717, 1.165) is 0 Å². The van der Waals surface area contributed by atoms with Crippen molar-refractivity contribution in [2.24, 2.45) is 0 Å². The molecular weight excluding hydrogens is 260 g/mol. The fourth-order valence-electron chi connectivity index (χ4n) is 1.69. The maximum Gasteiger partial charge on any atom is 0.407 e. The van der Waals surface area contributed by atoms with E-state index in [1.54, 1.807) is 39.8 Å². The Balaban J connectivity index is 2.82. The first kappa shape index (κ1) is 15.8. The molecule has 0 aliphatic rings. The molecule has 6 heteroatoms. The molecule has 0 heterocycles. The lowest BCUT2D eigenvalue weighted by atomic mass is 10.0. The summed E-state index contributed by atoms with van der Waals surface area (Å²) in [5.74, 6) is -1.08. The Morgan fingerprint density at radius 2 is 1.95 bits per heavy atom. The van der Waals surface area contributed by atoms with E-state index in [2.05, 4.69) is 5.32 Å². The lowest BCUT2D eigenvalue weighted by Gasteiger charge is -2.20. The normalized spacial score (nSPS) is 11.0. The minimum atomic E-state index is -1.08. The van der Waals surface area contributed by atoms with Crippen LogP contribution >= 0.6 is 0 Å². The molecular formula is C14H20N2O4. The zero-order chi connectivity index (χ0) is 15.5. The quantitative estimate of drug-likeness (QED) is 0.737. The van der Waals surface area contributed by atoms with Crippen molar-refractivity contribution in [1.82, 2.24) is 5.32 Å². The molecule has 1 rings (SSSR count). The summed E-state index contributed by atoms with van der Waals surface area (Å²) < 4.78 is 5.09. The first-order valence-electron chi connectivity index (χ1n) is 6.20. The second-order valence-electron chi connectivity index (χ2n) is 5.49. The number of hydrogen-bond acceptors (Lipinski definition) is 4. The average molecular weight is 280 g/mol. The van der Waals surface area contributed by atoms with Gasteiger partial charge < -0.3 is 20.9 Å². The van der Waals surface area contributed by atoms with Crippen LogP contribution in [0, 0.1) is 6.92 Å². The van der Waals surface area contributed by atoms with Gasteiger partial charge >= 0.3 is 12.1 Å². The van der Waals surface area contributed by atoms with Gasteiger partial charge in [-0.2, -0.15) is 0 Å². The summed E-state index contributed by atoms with van der Waals surface area (Å²) in [6.07, 6.45) is -0.575. The van der Waals surface area contributed by atoms with Crippen LogP contribution in [0.3, 0.4) is 0 Å². The summed E-state index contributed by atoms with van der Waals surface area (Å²) in [5, 5.41) is 11.7. The van der Waals surface area contributed by atoms with E-state index in [0.29, 0.717) is 11.1 Å². The van der Waals surface area contributed by atoms with Crippen molar-refractivity contribution >= 4 is 17.7 Å². The number of anilines is 1. The van der Waals surface area contributed by atoms with Crippen LogP contribution in [0.2, 0.25) is 0 Å². The van der Waals surface area contributed by atoms with Crippen molar-refractivity contribution in [3.8, 4) is 0 Å². The number of carboxylic acids is 1. The topological polar surface area (TPSA) is 102 Å². The highest BCUT2D eigenvalue weighted by Crippen LogP contribution is 2.21. The molecule has 0 saturated carbocycles. The molecule has 1 aromatic rings. The number of nitrogens with one attached hydrogen (secondary N) is 1. The monoisotopic (exact) mass is 280 g/mol. The molecule has 110 valence electrons. The Morgan fingerprint density at radius 1 is 1.35 bits per heavy atom. The second kappa shape index (κ2) is 5.81. The highest BCUT2D eigenvalue weighted by molar-refractivity contribution is 5.96. The Bertz CT molecular complexity index is 533. The van der Waals surface area contributed by atoms with Crippen LogP contribution in [0.4, 0.5) is 10.5 Å². The predicted molar refractivity (Wildman–Crippen MR) is 75.6 cm³/mol.